The molecule has 2 N–H and O–H groups in total. The number of rotatable bonds is 5. The molecule has 0 aliphatic heterocycles. The summed E-state index contributed by atoms with van der Waals surface area (Å²) >= 11 is 0. The fraction of sp³-hybridized carbons (Fsp3) is 0.294. The summed E-state index contributed by atoms with van der Waals surface area (Å²) in [5.41, 5.74) is 1.38. The number of allylic oxidation sites excluding steroid dienone is 1. The van der Waals surface area contributed by atoms with Crippen molar-refractivity contribution >= 4 is 11.5 Å². The molecule has 0 radical (unpaired) electrons. The second-order valence-electron chi connectivity index (χ2n) is 5.59. The van der Waals surface area contributed by atoms with Crippen LogP contribution in [0.4, 0.5) is 0 Å². The van der Waals surface area contributed by atoms with Crippen LogP contribution in [0.1, 0.15) is 25.0 Å². The highest BCUT2D eigenvalue weighted by Crippen LogP contribution is 2.18. The SMILES string of the molecule is CC(=CC(=O)NCC(C)(O)c1cnn(C)c1)c1ccccc1. The molecule has 1 heterocycles. The highest BCUT2D eigenvalue weighted by molar-refractivity contribution is 5.94. The second kappa shape index (κ2) is 6.58. The van der Waals surface area contributed by atoms with Gasteiger partial charge in [0.15, 0.2) is 0 Å². The van der Waals surface area contributed by atoms with Crippen molar-refractivity contribution in [2.45, 2.75) is 19.4 Å². The van der Waals surface area contributed by atoms with Crippen LogP contribution in [-0.4, -0.2) is 27.3 Å². The van der Waals surface area contributed by atoms with E-state index in [1.54, 1.807) is 31.0 Å². The van der Waals surface area contributed by atoms with E-state index in [9.17, 15) is 9.90 Å². The van der Waals surface area contributed by atoms with Crippen molar-refractivity contribution in [3.63, 3.8) is 0 Å². The van der Waals surface area contributed by atoms with Crippen LogP contribution in [0.2, 0.25) is 0 Å². The van der Waals surface area contributed by atoms with Crippen LogP contribution in [0.15, 0.2) is 48.8 Å². The van der Waals surface area contributed by atoms with Crippen LogP contribution in [0.25, 0.3) is 5.57 Å². The molecule has 0 aliphatic rings. The Bertz CT molecular complexity index is 672. The number of benzene rings is 1. The zero-order valence-corrected chi connectivity index (χ0v) is 13.1. The first-order valence-electron chi connectivity index (χ1n) is 7.11. The van der Waals surface area contributed by atoms with Crippen LogP contribution < -0.4 is 5.32 Å². The van der Waals surface area contributed by atoms with E-state index in [0.29, 0.717) is 5.56 Å². The van der Waals surface area contributed by atoms with Crippen LogP contribution in [0.3, 0.4) is 0 Å². The monoisotopic (exact) mass is 299 g/mol. The van der Waals surface area contributed by atoms with Crippen molar-refractivity contribution in [3.8, 4) is 0 Å². The number of nitrogens with one attached hydrogen (secondary N) is 1. The van der Waals surface area contributed by atoms with E-state index in [-0.39, 0.29) is 12.5 Å². The number of carbonyl (C=O) groups excluding carboxylic acids is 1. The number of aliphatic hydroxyl groups is 1. The summed E-state index contributed by atoms with van der Waals surface area (Å²) < 4.78 is 1.62. The maximum Gasteiger partial charge on any atom is 0.244 e. The van der Waals surface area contributed by atoms with Crippen LogP contribution in [-0.2, 0) is 17.4 Å². The van der Waals surface area contributed by atoms with Crippen molar-refractivity contribution in [3.05, 3.63) is 59.9 Å². The van der Waals surface area contributed by atoms with Crippen LogP contribution in [0, 0.1) is 0 Å². The van der Waals surface area contributed by atoms with E-state index in [2.05, 4.69) is 10.4 Å². The fourth-order valence-corrected chi connectivity index (χ4v) is 2.09. The van der Waals surface area contributed by atoms with E-state index < -0.39 is 5.60 Å². The average Bonchev–Trinajstić information content (AvgIpc) is 2.94. The van der Waals surface area contributed by atoms with Crippen molar-refractivity contribution in [1.29, 1.82) is 0 Å². The maximum atomic E-state index is 12.0. The van der Waals surface area contributed by atoms with Crippen molar-refractivity contribution < 1.29 is 9.90 Å². The molecule has 116 valence electrons. The molecule has 5 heteroatoms. The van der Waals surface area contributed by atoms with E-state index >= 15 is 0 Å². The Kier molecular flexibility index (Phi) is 4.78. The summed E-state index contributed by atoms with van der Waals surface area (Å²) in [7, 11) is 1.78. The van der Waals surface area contributed by atoms with Gasteiger partial charge in [0, 0.05) is 24.9 Å². The van der Waals surface area contributed by atoms with Crippen molar-refractivity contribution in [1.82, 2.24) is 15.1 Å². The predicted molar refractivity (Wildman–Crippen MR) is 85.9 cm³/mol. The lowest BCUT2D eigenvalue weighted by molar-refractivity contribution is -0.117. The summed E-state index contributed by atoms with van der Waals surface area (Å²) in [6.45, 7) is 3.66. The lowest BCUT2D eigenvalue weighted by Gasteiger charge is -2.21. The minimum Gasteiger partial charge on any atom is -0.383 e. The van der Waals surface area contributed by atoms with E-state index in [4.69, 9.17) is 0 Å². The van der Waals surface area contributed by atoms with Crippen molar-refractivity contribution in [2.24, 2.45) is 7.05 Å². The molecule has 1 aromatic heterocycles. The Balaban J connectivity index is 1.98. The molecule has 0 aliphatic carbocycles. The molecule has 2 rings (SSSR count). The molecule has 0 bridgehead atoms. The fourth-order valence-electron chi connectivity index (χ4n) is 2.09. The van der Waals surface area contributed by atoms with Crippen LogP contribution in [0.5, 0.6) is 0 Å². The van der Waals surface area contributed by atoms with Gasteiger partial charge in [-0.25, -0.2) is 0 Å². The van der Waals surface area contributed by atoms with Gasteiger partial charge in [0.25, 0.3) is 0 Å². The molecule has 2 aromatic rings. The Morgan fingerprint density at radius 2 is 2.09 bits per heavy atom. The number of hydrogen-bond donors (Lipinski definition) is 2. The smallest absolute Gasteiger partial charge is 0.244 e. The standard InChI is InChI=1S/C17H21N3O2/c1-13(14-7-5-4-6-8-14)9-16(21)18-12-17(2,22)15-10-19-20(3)11-15/h4-11,22H,12H2,1-3H3,(H,18,21). The first-order chi connectivity index (χ1) is 10.4. The van der Waals surface area contributed by atoms with Gasteiger partial charge in [0.1, 0.15) is 5.60 Å². The van der Waals surface area contributed by atoms with E-state index in [0.717, 1.165) is 11.1 Å². The normalized spacial score (nSPS) is 14.5. The Hall–Kier alpha value is -2.40. The highest BCUT2D eigenvalue weighted by atomic mass is 16.3. The molecule has 0 spiro atoms. The first kappa shape index (κ1) is 16.0. The largest absolute Gasteiger partial charge is 0.383 e. The quantitative estimate of drug-likeness (QED) is 0.828. The summed E-state index contributed by atoms with van der Waals surface area (Å²) in [4.78, 5) is 12.0. The van der Waals surface area contributed by atoms with Gasteiger partial charge in [-0.1, -0.05) is 30.3 Å². The summed E-state index contributed by atoms with van der Waals surface area (Å²) in [6.07, 6.45) is 4.86. The summed E-state index contributed by atoms with van der Waals surface area (Å²) in [5.74, 6) is -0.231. The lowest BCUT2D eigenvalue weighted by atomic mass is 9.99. The minimum absolute atomic E-state index is 0.121. The molecular formula is C17H21N3O2. The number of nitrogens with zero attached hydrogens (tertiary/aromatic N) is 2. The topological polar surface area (TPSA) is 67.2 Å². The van der Waals surface area contributed by atoms with Gasteiger partial charge >= 0.3 is 0 Å². The van der Waals surface area contributed by atoms with E-state index in [1.165, 1.54) is 6.08 Å². The lowest BCUT2D eigenvalue weighted by Crippen LogP contribution is -2.37. The molecule has 0 saturated carbocycles. The van der Waals surface area contributed by atoms with Gasteiger partial charge in [-0.15, -0.1) is 0 Å². The summed E-state index contributed by atoms with van der Waals surface area (Å²) in [6, 6.07) is 9.69. The van der Waals surface area contributed by atoms with Crippen molar-refractivity contribution in [2.75, 3.05) is 6.54 Å². The van der Waals surface area contributed by atoms with Gasteiger partial charge in [-0.05, 0) is 25.0 Å². The third kappa shape index (κ3) is 4.05. The second-order valence-corrected chi connectivity index (χ2v) is 5.59. The minimum atomic E-state index is -1.15. The first-order valence-corrected chi connectivity index (χ1v) is 7.11. The molecule has 1 atom stereocenters. The van der Waals surface area contributed by atoms with E-state index in [1.807, 2.05) is 37.3 Å². The van der Waals surface area contributed by atoms with Crippen LogP contribution >= 0.6 is 0 Å². The zero-order chi connectivity index (χ0) is 16.2. The Morgan fingerprint density at radius 3 is 2.68 bits per heavy atom. The number of amides is 1. The number of aryl methyl sites for hydroxylation is 1. The highest BCUT2D eigenvalue weighted by Gasteiger charge is 2.25. The van der Waals surface area contributed by atoms with Gasteiger partial charge in [-0.2, -0.15) is 5.10 Å². The predicted octanol–water partition coefficient (Wildman–Crippen LogP) is 1.85. The Morgan fingerprint density at radius 1 is 1.41 bits per heavy atom. The summed E-state index contributed by atoms with van der Waals surface area (Å²) in [5, 5.41) is 17.2. The number of hydrogen-bond acceptors (Lipinski definition) is 3. The molecule has 0 saturated heterocycles. The zero-order valence-electron chi connectivity index (χ0n) is 13.1. The van der Waals surface area contributed by atoms with Gasteiger partial charge in [0.2, 0.25) is 5.91 Å². The maximum absolute atomic E-state index is 12.0. The Labute approximate surface area is 130 Å². The number of carbonyl (C=O) groups is 1. The number of aromatic nitrogens is 2. The van der Waals surface area contributed by atoms with Gasteiger partial charge in [-0.3, -0.25) is 9.48 Å². The molecule has 0 fully saturated rings. The third-order valence-electron chi connectivity index (χ3n) is 3.51. The molecule has 1 amide bonds. The molecule has 1 aromatic carbocycles. The average molecular weight is 299 g/mol. The van der Waals surface area contributed by atoms with Gasteiger partial charge in [0.05, 0.1) is 12.7 Å². The van der Waals surface area contributed by atoms with Gasteiger partial charge < -0.3 is 10.4 Å². The third-order valence-corrected chi connectivity index (χ3v) is 3.51. The molecular weight excluding hydrogens is 278 g/mol. The molecule has 5 nitrogen and oxygen atoms in total. The molecule has 22 heavy (non-hydrogen) atoms. The molecule has 1 unspecified atom stereocenters.